The molecule has 4 heteroatoms. The van der Waals surface area contributed by atoms with Crippen molar-refractivity contribution in [1.29, 1.82) is 0 Å². The molecule has 0 spiro atoms. The zero-order valence-electron chi connectivity index (χ0n) is 7.81. The van der Waals surface area contributed by atoms with Crippen molar-refractivity contribution in [3.8, 4) is 0 Å². The van der Waals surface area contributed by atoms with Crippen molar-refractivity contribution < 1.29 is 18.3 Å². The molecule has 0 radical (unpaired) electrons. The van der Waals surface area contributed by atoms with Crippen LogP contribution in [-0.4, -0.2) is 17.4 Å². The predicted molar refractivity (Wildman–Crippen MR) is 45.2 cm³/mol. The Balaban J connectivity index is 4.52. The van der Waals surface area contributed by atoms with E-state index < -0.39 is 17.9 Å². The molecule has 0 heterocycles. The minimum atomic E-state index is -4.28. The minimum Gasteiger partial charge on any atom is -0.389 e. The molecule has 0 aromatic rings. The molecule has 0 aliphatic rings. The van der Waals surface area contributed by atoms with Gasteiger partial charge in [-0.2, -0.15) is 13.2 Å². The van der Waals surface area contributed by atoms with Crippen molar-refractivity contribution in [2.24, 2.45) is 0 Å². The molecule has 13 heavy (non-hydrogen) atoms. The largest absolute Gasteiger partial charge is 0.412 e. The van der Waals surface area contributed by atoms with Gasteiger partial charge in [0, 0.05) is 5.57 Å². The normalized spacial score (nSPS) is 17.5. The first-order chi connectivity index (χ1) is 5.75. The molecule has 0 saturated carbocycles. The molecule has 1 unspecified atom stereocenters. The van der Waals surface area contributed by atoms with Crippen molar-refractivity contribution >= 4 is 0 Å². The number of aliphatic hydroxyl groups is 1. The lowest BCUT2D eigenvalue weighted by molar-refractivity contribution is -0.0913. The van der Waals surface area contributed by atoms with Crippen LogP contribution in [-0.2, 0) is 0 Å². The first-order valence-corrected chi connectivity index (χ1v) is 3.85. The Morgan fingerprint density at radius 1 is 1.23 bits per heavy atom. The topological polar surface area (TPSA) is 20.2 Å². The van der Waals surface area contributed by atoms with E-state index in [1.165, 1.54) is 13.0 Å². The van der Waals surface area contributed by atoms with E-state index >= 15 is 0 Å². The third-order valence-electron chi connectivity index (χ3n) is 1.70. The molecule has 76 valence electrons. The molecule has 0 aliphatic carbocycles. The first kappa shape index (κ1) is 12.2. The van der Waals surface area contributed by atoms with Crippen molar-refractivity contribution in [2.75, 3.05) is 0 Å². The summed E-state index contributed by atoms with van der Waals surface area (Å²) >= 11 is 0. The van der Waals surface area contributed by atoms with E-state index in [2.05, 4.69) is 0 Å². The highest BCUT2D eigenvalue weighted by molar-refractivity contribution is 5.19. The van der Waals surface area contributed by atoms with Gasteiger partial charge in [0.05, 0.1) is 6.10 Å². The van der Waals surface area contributed by atoms with Crippen LogP contribution in [0.4, 0.5) is 13.2 Å². The fourth-order valence-corrected chi connectivity index (χ4v) is 0.490. The molecule has 1 atom stereocenters. The number of aliphatic hydroxyl groups excluding tert-OH is 1. The van der Waals surface area contributed by atoms with Crippen LogP contribution in [0.1, 0.15) is 20.8 Å². The second-order valence-electron chi connectivity index (χ2n) is 2.93. The average Bonchev–Trinajstić information content (AvgIpc) is 1.97. The Hall–Kier alpha value is -0.770. The summed E-state index contributed by atoms with van der Waals surface area (Å²) in [5, 5.41) is 8.96. The van der Waals surface area contributed by atoms with Crippen molar-refractivity contribution in [3.63, 3.8) is 0 Å². The van der Waals surface area contributed by atoms with E-state index in [9.17, 15) is 13.2 Å². The number of halogens is 3. The standard InChI is InChI=1S/C9H13F3O/c1-6(8(3)13)4-5-7(2)9(10,11)12/h4-5,8,13H,1-3H3. The molecule has 0 fully saturated rings. The van der Waals surface area contributed by atoms with Crippen LogP contribution >= 0.6 is 0 Å². The van der Waals surface area contributed by atoms with Gasteiger partial charge in [0.15, 0.2) is 0 Å². The number of alkyl halides is 3. The van der Waals surface area contributed by atoms with Gasteiger partial charge in [-0.05, 0) is 26.3 Å². The minimum absolute atomic E-state index is 0.503. The van der Waals surface area contributed by atoms with Gasteiger partial charge >= 0.3 is 6.18 Å². The van der Waals surface area contributed by atoms with Crippen LogP contribution in [0, 0.1) is 0 Å². The van der Waals surface area contributed by atoms with Crippen molar-refractivity contribution in [3.05, 3.63) is 23.3 Å². The molecule has 0 aliphatic heterocycles. The maximum atomic E-state index is 11.9. The Morgan fingerprint density at radius 2 is 1.69 bits per heavy atom. The smallest absolute Gasteiger partial charge is 0.389 e. The summed E-state index contributed by atoms with van der Waals surface area (Å²) in [5.74, 6) is 0. The van der Waals surface area contributed by atoms with E-state index in [1.54, 1.807) is 6.92 Å². The SMILES string of the molecule is CC(=CC=C(C)C(F)(F)F)C(C)O. The third kappa shape index (κ3) is 4.72. The van der Waals surface area contributed by atoms with Gasteiger partial charge in [-0.15, -0.1) is 0 Å². The molecule has 1 N–H and O–H groups in total. The lowest BCUT2D eigenvalue weighted by Gasteiger charge is -2.06. The number of rotatable bonds is 2. The first-order valence-electron chi connectivity index (χ1n) is 3.85. The maximum absolute atomic E-state index is 11.9. The molecule has 0 bridgehead atoms. The predicted octanol–water partition coefficient (Wildman–Crippen LogP) is 2.82. The monoisotopic (exact) mass is 194 g/mol. The fourth-order valence-electron chi connectivity index (χ4n) is 0.490. The second kappa shape index (κ2) is 4.46. The summed E-state index contributed by atoms with van der Waals surface area (Å²) < 4.78 is 35.8. The molecule has 0 aromatic carbocycles. The number of hydrogen-bond donors (Lipinski definition) is 1. The highest BCUT2D eigenvalue weighted by Crippen LogP contribution is 2.24. The van der Waals surface area contributed by atoms with Crippen LogP contribution in [0.25, 0.3) is 0 Å². The molecular formula is C9H13F3O. The Labute approximate surface area is 75.6 Å². The number of hydrogen-bond acceptors (Lipinski definition) is 1. The summed E-state index contributed by atoms with van der Waals surface area (Å²) in [6, 6.07) is 0. The quantitative estimate of drug-likeness (QED) is 0.670. The Bertz CT molecular complexity index is 224. The summed E-state index contributed by atoms with van der Waals surface area (Å²) in [7, 11) is 0. The lowest BCUT2D eigenvalue weighted by atomic mass is 10.1. The lowest BCUT2D eigenvalue weighted by Crippen LogP contribution is -2.08. The van der Waals surface area contributed by atoms with Gasteiger partial charge in [-0.25, -0.2) is 0 Å². The van der Waals surface area contributed by atoms with Gasteiger partial charge in [0.2, 0.25) is 0 Å². The van der Waals surface area contributed by atoms with Crippen LogP contribution in [0.3, 0.4) is 0 Å². The van der Waals surface area contributed by atoms with Crippen molar-refractivity contribution in [2.45, 2.75) is 33.1 Å². The van der Waals surface area contributed by atoms with Crippen LogP contribution in [0.15, 0.2) is 23.3 Å². The van der Waals surface area contributed by atoms with Gasteiger partial charge in [-0.3, -0.25) is 0 Å². The van der Waals surface area contributed by atoms with Crippen molar-refractivity contribution in [1.82, 2.24) is 0 Å². The van der Waals surface area contributed by atoms with Crippen LogP contribution in [0.5, 0.6) is 0 Å². The third-order valence-corrected chi connectivity index (χ3v) is 1.70. The summed E-state index contributed by atoms with van der Waals surface area (Å²) in [6.45, 7) is 4.07. The van der Waals surface area contributed by atoms with E-state index in [4.69, 9.17) is 5.11 Å². The summed E-state index contributed by atoms with van der Waals surface area (Å²) in [6.07, 6.45) is -2.76. The summed E-state index contributed by atoms with van der Waals surface area (Å²) in [4.78, 5) is 0. The van der Waals surface area contributed by atoms with Gasteiger partial charge in [0.25, 0.3) is 0 Å². The molecular weight excluding hydrogens is 181 g/mol. The Morgan fingerprint density at radius 3 is 2.00 bits per heavy atom. The highest BCUT2D eigenvalue weighted by atomic mass is 19.4. The van der Waals surface area contributed by atoms with Crippen LogP contribution < -0.4 is 0 Å². The molecule has 0 rings (SSSR count). The van der Waals surface area contributed by atoms with Gasteiger partial charge in [-0.1, -0.05) is 12.2 Å². The van der Waals surface area contributed by atoms with E-state index in [0.717, 1.165) is 13.0 Å². The maximum Gasteiger partial charge on any atom is 0.412 e. The van der Waals surface area contributed by atoms with E-state index in [1.807, 2.05) is 0 Å². The summed E-state index contributed by atoms with van der Waals surface area (Å²) in [5.41, 5.74) is -0.170. The molecule has 0 aromatic heterocycles. The van der Waals surface area contributed by atoms with Gasteiger partial charge < -0.3 is 5.11 Å². The Kier molecular flexibility index (Phi) is 4.20. The average molecular weight is 194 g/mol. The van der Waals surface area contributed by atoms with Gasteiger partial charge in [0.1, 0.15) is 0 Å². The van der Waals surface area contributed by atoms with Crippen LogP contribution in [0.2, 0.25) is 0 Å². The zero-order chi connectivity index (χ0) is 10.6. The second-order valence-corrected chi connectivity index (χ2v) is 2.93. The molecule has 0 amide bonds. The highest BCUT2D eigenvalue weighted by Gasteiger charge is 2.29. The zero-order valence-corrected chi connectivity index (χ0v) is 7.81. The fraction of sp³-hybridized carbons (Fsp3) is 0.556. The van der Waals surface area contributed by atoms with E-state index in [-0.39, 0.29) is 0 Å². The van der Waals surface area contributed by atoms with E-state index in [0.29, 0.717) is 5.57 Å². The number of allylic oxidation sites excluding steroid dienone is 3. The molecule has 0 saturated heterocycles. The molecule has 1 nitrogen and oxygen atoms in total.